The van der Waals surface area contributed by atoms with Gasteiger partial charge in [-0.2, -0.15) is 0 Å². The summed E-state index contributed by atoms with van der Waals surface area (Å²) in [5.41, 5.74) is 0.423. The van der Waals surface area contributed by atoms with Crippen LogP contribution in [0, 0.1) is 0 Å². The predicted molar refractivity (Wildman–Crippen MR) is 101 cm³/mol. The Bertz CT molecular complexity index is 904. The molecule has 0 unspecified atom stereocenters. The SMILES string of the molecule is Cn1cc(C(=O)N2CCOCC2)cc(NC(=O)c2ccccc2Br)c1=O. The molecule has 0 spiro atoms. The molecule has 1 aliphatic rings. The highest BCUT2D eigenvalue weighted by atomic mass is 79.9. The van der Waals surface area contributed by atoms with E-state index in [2.05, 4.69) is 21.2 Å². The van der Waals surface area contributed by atoms with Crippen LogP contribution in [-0.4, -0.2) is 47.6 Å². The fourth-order valence-electron chi connectivity index (χ4n) is 2.70. The number of benzene rings is 1. The Morgan fingerprint density at radius 3 is 2.58 bits per heavy atom. The van der Waals surface area contributed by atoms with Gasteiger partial charge in [0.15, 0.2) is 0 Å². The molecule has 2 heterocycles. The Morgan fingerprint density at radius 2 is 1.88 bits per heavy atom. The molecule has 136 valence electrons. The van der Waals surface area contributed by atoms with Crippen LogP contribution in [-0.2, 0) is 11.8 Å². The molecule has 8 heteroatoms. The fraction of sp³-hybridized carbons (Fsp3) is 0.278. The molecule has 7 nitrogen and oxygen atoms in total. The topological polar surface area (TPSA) is 80.6 Å². The number of aryl methyl sites for hydroxylation is 1. The molecule has 26 heavy (non-hydrogen) atoms. The first kappa shape index (κ1) is 18.3. The summed E-state index contributed by atoms with van der Waals surface area (Å²) in [4.78, 5) is 39.2. The molecule has 0 aliphatic carbocycles. The number of pyridine rings is 1. The van der Waals surface area contributed by atoms with Gasteiger partial charge < -0.3 is 19.5 Å². The van der Waals surface area contributed by atoms with Crippen molar-refractivity contribution in [3.8, 4) is 0 Å². The van der Waals surface area contributed by atoms with E-state index in [0.717, 1.165) is 0 Å². The zero-order valence-corrected chi connectivity index (χ0v) is 15.8. The van der Waals surface area contributed by atoms with Gasteiger partial charge in [-0.25, -0.2) is 0 Å². The fourth-order valence-corrected chi connectivity index (χ4v) is 3.17. The number of nitrogens with zero attached hydrogens (tertiary/aromatic N) is 2. The monoisotopic (exact) mass is 419 g/mol. The zero-order chi connectivity index (χ0) is 18.7. The van der Waals surface area contributed by atoms with Crippen LogP contribution >= 0.6 is 15.9 Å². The normalized spacial score (nSPS) is 14.2. The van der Waals surface area contributed by atoms with E-state index in [1.54, 1.807) is 36.2 Å². The zero-order valence-electron chi connectivity index (χ0n) is 14.2. The number of ether oxygens (including phenoxy) is 1. The number of rotatable bonds is 3. The first-order valence-corrected chi connectivity index (χ1v) is 8.90. The molecule has 0 bridgehead atoms. The van der Waals surface area contributed by atoms with E-state index in [-0.39, 0.29) is 17.2 Å². The third kappa shape index (κ3) is 3.86. The maximum absolute atomic E-state index is 12.7. The van der Waals surface area contributed by atoms with Crippen molar-refractivity contribution in [1.29, 1.82) is 0 Å². The summed E-state index contributed by atoms with van der Waals surface area (Å²) in [5.74, 6) is -0.620. The van der Waals surface area contributed by atoms with Gasteiger partial charge in [0.05, 0.1) is 24.3 Å². The number of hydrogen-bond donors (Lipinski definition) is 1. The highest BCUT2D eigenvalue weighted by Crippen LogP contribution is 2.17. The summed E-state index contributed by atoms with van der Waals surface area (Å²) >= 11 is 3.32. The predicted octanol–water partition coefficient (Wildman–Crippen LogP) is 1.87. The van der Waals surface area contributed by atoms with E-state index >= 15 is 0 Å². The van der Waals surface area contributed by atoms with Crippen LogP contribution in [0.1, 0.15) is 20.7 Å². The lowest BCUT2D eigenvalue weighted by molar-refractivity contribution is 0.0302. The second-order valence-corrected chi connectivity index (χ2v) is 6.75. The number of morpholine rings is 1. The van der Waals surface area contributed by atoms with E-state index in [1.807, 2.05) is 0 Å². The molecule has 1 fully saturated rings. The number of anilines is 1. The van der Waals surface area contributed by atoms with E-state index in [1.165, 1.54) is 16.8 Å². The summed E-state index contributed by atoms with van der Waals surface area (Å²) in [7, 11) is 1.55. The first-order chi connectivity index (χ1) is 12.5. The van der Waals surface area contributed by atoms with Crippen LogP contribution in [0.4, 0.5) is 5.69 Å². The van der Waals surface area contributed by atoms with Crippen molar-refractivity contribution in [3.05, 3.63) is 62.5 Å². The van der Waals surface area contributed by atoms with E-state index in [4.69, 9.17) is 4.74 Å². The van der Waals surface area contributed by atoms with Crippen LogP contribution in [0.5, 0.6) is 0 Å². The highest BCUT2D eigenvalue weighted by Gasteiger charge is 2.21. The second-order valence-electron chi connectivity index (χ2n) is 5.90. The third-order valence-electron chi connectivity index (χ3n) is 4.10. The number of hydrogen-bond acceptors (Lipinski definition) is 4. The van der Waals surface area contributed by atoms with Gasteiger partial charge in [0.25, 0.3) is 17.4 Å². The van der Waals surface area contributed by atoms with E-state index in [9.17, 15) is 14.4 Å². The molecular formula is C18H18BrN3O4. The van der Waals surface area contributed by atoms with Crippen LogP contribution in [0.15, 0.2) is 45.8 Å². The molecular weight excluding hydrogens is 402 g/mol. The maximum Gasteiger partial charge on any atom is 0.274 e. The molecule has 0 saturated carbocycles. The Hall–Kier alpha value is -2.45. The molecule has 2 aromatic rings. The molecule has 2 amide bonds. The van der Waals surface area contributed by atoms with Crippen LogP contribution < -0.4 is 10.9 Å². The number of halogens is 1. The van der Waals surface area contributed by atoms with E-state index in [0.29, 0.717) is 41.9 Å². The average Bonchev–Trinajstić information content (AvgIpc) is 2.65. The van der Waals surface area contributed by atoms with Gasteiger partial charge in [-0.3, -0.25) is 14.4 Å². The quantitative estimate of drug-likeness (QED) is 0.823. The van der Waals surface area contributed by atoms with Crippen molar-refractivity contribution in [2.45, 2.75) is 0 Å². The summed E-state index contributed by atoms with van der Waals surface area (Å²) in [6.45, 7) is 1.98. The van der Waals surface area contributed by atoms with Gasteiger partial charge in [0.1, 0.15) is 5.69 Å². The average molecular weight is 420 g/mol. The minimum absolute atomic E-state index is 0.0624. The first-order valence-electron chi connectivity index (χ1n) is 8.11. The Kier molecular flexibility index (Phi) is 5.53. The van der Waals surface area contributed by atoms with Gasteiger partial charge in [-0.1, -0.05) is 12.1 Å². The molecule has 1 aromatic heterocycles. The van der Waals surface area contributed by atoms with Gasteiger partial charge >= 0.3 is 0 Å². The Balaban J connectivity index is 1.89. The number of amides is 2. The largest absolute Gasteiger partial charge is 0.378 e. The van der Waals surface area contributed by atoms with Crippen LogP contribution in [0.25, 0.3) is 0 Å². The van der Waals surface area contributed by atoms with Gasteiger partial charge in [0.2, 0.25) is 0 Å². The van der Waals surface area contributed by atoms with E-state index < -0.39 is 5.91 Å². The van der Waals surface area contributed by atoms with Gasteiger partial charge in [0, 0.05) is 30.8 Å². The standard InChI is InChI=1S/C18H18BrN3O4/c1-21-11-12(17(24)22-6-8-26-9-7-22)10-15(18(21)25)20-16(23)13-4-2-3-5-14(13)19/h2-5,10-11H,6-9H2,1H3,(H,20,23). The number of carbonyl (C=O) groups is 2. The van der Waals surface area contributed by atoms with Crippen molar-refractivity contribution in [1.82, 2.24) is 9.47 Å². The maximum atomic E-state index is 12.7. The molecule has 1 saturated heterocycles. The molecule has 0 radical (unpaired) electrons. The summed E-state index contributed by atoms with van der Waals surface area (Å²) in [6, 6.07) is 8.34. The minimum Gasteiger partial charge on any atom is -0.378 e. The smallest absolute Gasteiger partial charge is 0.274 e. The van der Waals surface area contributed by atoms with Crippen molar-refractivity contribution >= 4 is 33.4 Å². The van der Waals surface area contributed by atoms with Crippen LogP contribution in [0.3, 0.4) is 0 Å². The lowest BCUT2D eigenvalue weighted by atomic mass is 10.2. The van der Waals surface area contributed by atoms with Crippen LogP contribution in [0.2, 0.25) is 0 Å². The Labute approximate surface area is 158 Å². The summed E-state index contributed by atoms with van der Waals surface area (Å²) < 4.78 is 7.17. The molecule has 1 aromatic carbocycles. The molecule has 1 aliphatic heterocycles. The number of carbonyl (C=O) groups excluding carboxylic acids is 2. The summed E-state index contributed by atoms with van der Waals surface area (Å²) in [5, 5.41) is 2.61. The van der Waals surface area contributed by atoms with Crippen molar-refractivity contribution in [2.24, 2.45) is 7.05 Å². The highest BCUT2D eigenvalue weighted by molar-refractivity contribution is 9.10. The van der Waals surface area contributed by atoms with Crippen molar-refractivity contribution < 1.29 is 14.3 Å². The van der Waals surface area contributed by atoms with Gasteiger partial charge in [-0.15, -0.1) is 0 Å². The summed E-state index contributed by atoms with van der Waals surface area (Å²) in [6.07, 6.45) is 1.48. The second kappa shape index (κ2) is 7.84. The Morgan fingerprint density at radius 1 is 1.19 bits per heavy atom. The lowest BCUT2D eigenvalue weighted by Crippen LogP contribution is -2.41. The minimum atomic E-state index is -0.425. The molecule has 0 atom stereocenters. The van der Waals surface area contributed by atoms with Crippen molar-refractivity contribution in [3.63, 3.8) is 0 Å². The molecule has 1 N–H and O–H groups in total. The lowest BCUT2D eigenvalue weighted by Gasteiger charge is -2.27. The number of aromatic nitrogens is 1. The van der Waals surface area contributed by atoms with Gasteiger partial charge in [-0.05, 0) is 34.1 Å². The van der Waals surface area contributed by atoms with Crippen molar-refractivity contribution in [2.75, 3.05) is 31.6 Å². The molecule has 3 rings (SSSR count). The third-order valence-corrected chi connectivity index (χ3v) is 4.79. The number of nitrogens with one attached hydrogen (secondary N) is 1.